The van der Waals surface area contributed by atoms with E-state index in [4.69, 9.17) is 10.5 Å². The molecule has 0 unspecified atom stereocenters. The van der Waals surface area contributed by atoms with Crippen LogP contribution in [-0.2, 0) is 4.79 Å². The predicted molar refractivity (Wildman–Crippen MR) is 100 cm³/mol. The lowest BCUT2D eigenvalue weighted by Gasteiger charge is -2.14. The Morgan fingerprint density at radius 1 is 1.26 bits per heavy atom. The van der Waals surface area contributed by atoms with Crippen molar-refractivity contribution < 1.29 is 14.3 Å². The van der Waals surface area contributed by atoms with Crippen LogP contribution in [0.3, 0.4) is 0 Å². The minimum atomic E-state index is -0.696. The lowest BCUT2D eigenvalue weighted by atomic mass is 10.1. The van der Waals surface area contributed by atoms with Crippen molar-refractivity contribution in [3.63, 3.8) is 0 Å². The van der Waals surface area contributed by atoms with Crippen LogP contribution in [0.4, 0.5) is 5.00 Å². The first-order chi connectivity index (χ1) is 10.8. The highest BCUT2D eigenvalue weighted by atomic mass is 127. The van der Waals surface area contributed by atoms with Gasteiger partial charge < -0.3 is 15.8 Å². The van der Waals surface area contributed by atoms with Gasteiger partial charge in [0.1, 0.15) is 10.8 Å². The fourth-order valence-corrected chi connectivity index (χ4v) is 3.42. The Kier molecular flexibility index (Phi) is 5.64. The quantitative estimate of drug-likeness (QED) is 0.694. The van der Waals surface area contributed by atoms with Crippen LogP contribution in [0.2, 0.25) is 0 Å². The minimum absolute atomic E-state index is 0.327. The molecule has 23 heavy (non-hydrogen) atoms. The Labute approximate surface area is 152 Å². The number of hydrogen-bond donors (Lipinski definition) is 2. The fourth-order valence-electron chi connectivity index (χ4n) is 2.00. The van der Waals surface area contributed by atoms with E-state index in [1.165, 1.54) is 11.3 Å². The third kappa shape index (κ3) is 4.23. The lowest BCUT2D eigenvalue weighted by Crippen LogP contribution is -2.30. The van der Waals surface area contributed by atoms with Crippen molar-refractivity contribution in [2.45, 2.75) is 26.9 Å². The van der Waals surface area contributed by atoms with Crippen LogP contribution in [0, 0.1) is 17.4 Å². The van der Waals surface area contributed by atoms with Crippen LogP contribution in [-0.4, -0.2) is 17.9 Å². The van der Waals surface area contributed by atoms with Gasteiger partial charge >= 0.3 is 0 Å². The van der Waals surface area contributed by atoms with Gasteiger partial charge in [0.15, 0.2) is 6.10 Å². The van der Waals surface area contributed by atoms with Crippen molar-refractivity contribution in [2.75, 3.05) is 5.32 Å². The van der Waals surface area contributed by atoms with Gasteiger partial charge in [0, 0.05) is 8.45 Å². The number of carbonyl (C=O) groups is 2. The second-order valence-electron chi connectivity index (χ2n) is 5.05. The summed E-state index contributed by atoms with van der Waals surface area (Å²) < 4.78 is 6.70. The second-order valence-corrected chi connectivity index (χ2v) is 7.53. The molecule has 0 aliphatic rings. The van der Waals surface area contributed by atoms with E-state index in [9.17, 15) is 9.59 Å². The van der Waals surface area contributed by atoms with Gasteiger partial charge in [-0.05, 0) is 73.2 Å². The normalized spacial score (nSPS) is 11.8. The first-order valence-corrected chi connectivity index (χ1v) is 8.82. The predicted octanol–water partition coefficient (Wildman–Crippen LogP) is 3.47. The molecular weight excluding hydrogens is 427 g/mol. The molecule has 0 spiro atoms. The average molecular weight is 444 g/mol. The number of rotatable bonds is 5. The van der Waals surface area contributed by atoms with Crippen LogP contribution in [0.1, 0.15) is 27.7 Å². The number of primary amides is 1. The van der Waals surface area contributed by atoms with Gasteiger partial charge in [-0.15, -0.1) is 11.3 Å². The average Bonchev–Trinajstić information content (AvgIpc) is 2.76. The Morgan fingerprint density at radius 3 is 2.43 bits per heavy atom. The Balaban J connectivity index is 2.11. The summed E-state index contributed by atoms with van der Waals surface area (Å²) in [5.41, 5.74) is 6.56. The number of carbonyl (C=O) groups excluding carboxylic acids is 2. The van der Waals surface area contributed by atoms with E-state index < -0.39 is 12.0 Å². The van der Waals surface area contributed by atoms with Crippen molar-refractivity contribution in [3.8, 4) is 5.75 Å². The Morgan fingerprint density at radius 2 is 1.87 bits per heavy atom. The molecule has 1 aromatic carbocycles. The molecule has 1 aromatic heterocycles. The van der Waals surface area contributed by atoms with Crippen molar-refractivity contribution in [1.82, 2.24) is 0 Å². The zero-order valence-electron chi connectivity index (χ0n) is 13.0. The summed E-state index contributed by atoms with van der Waals surface area (Å²) in [6, 6.07) is 7.41. The first-order valence-electron chi connectivity index (χ1n) is 6.92. The second kappa shape index (κ2) is 7.31. The van der Waals surface area contributed by atoms with Gasteiger partial charge in [0.05, 0.1) is 5.56 Å². The summed E-state index contributed by atoms with van der Waals surface area (Å²) in [6.07, 6.45) is -0.696. The summed E-state index contributed by atoms with van der Waals surface area (Å²) >= 11 is 3.53. The molecule has 0 bridgehead atoms. The van der Waals surface area contributed by atoms with E-state index in [0.717, 1.165) is 14.0 Å². The number of benzene rings is 1. The van der Waals surface area contributed by atoms with Crippen molar-refractivity contribution in [3.05, 3.63) is 43.8 Å². The minimum Gasteiger partial charge on any atom is -0.481 e. The zero-order valence-corrected chi connectivity index (χ0v) is 15.9. The zero-order chi connectivity index (χ0) is 17.1. The fraction of sp³-hybridized carbons (Fsp3) is 0.250. The van der Waals surface area contributed by atoms with Gasteiger partial charge in [-0.3, -0.25) is 9.59 Å². The molecule has 1 atom stereocenters. The van der Waals surface area contributed by atoms with E-state index in [1.807, 2.05) is 26.0 Å². The van der Waals surface area contributed by atoms with Crippen LogP contribution in [0.5, 0.6) is 5.75 Å². The first kappa shape index (κ1) is 17.7. The topological polar surface area (TPSA) is 81.4 Å². The van der Waals surface area contributed by atoms with Crippen molar-refractivity contribution >= 4 is 50.7 Å². The number of hydrogen-bond acceptors (Lipinski definition) is 4. The molecule has 2 aromatic rings. The largest absolute Gasteiger partial charge is 0.481 e. The summed E-state index contributed by atoms with van der Waals surface area (Å²) in [5.74, 6) is -0.262. The van der Waals surface area contributed by atoms with E-state index >= 15 is 0 Å². The Bertz CT molecular complexity index is 741. The number of nitrogens with one attached hydrogen (secondary N) is 1. The van der Waals surface area contributed by atoms with Gasteiger partial charge in [-0.25, -0.2) is 0 Å². The third-order valence-electron chi connectivity index (χ3n) is 3.36. The molecule has 0 fully saturated rings. The molecule has 0 aliphatic heterocycles. The highest BCUT2D eigenvalue weighted by Gasteiger charge is 2.22. The molecular formula is C16H17IN2O3S. The maximum atomic E-state index is 12.3. The molecule has 2 amide bonds. The molecule has 0 aliphatic carbocycles. The smallest absolute Gasteiger partial charge is 0.265 e. The van der Waals surface area contributed by atoms with Gasteiger partial charge in [-0.1, -0.05) is 0 Å². The SMILES string of the molecule is Cc1sc(NC(=O)[C@@H](C)Oc2ccc(I)cc2)c(C(N)=O)c1C. The number of amides is 2. The maximum Gasteiger partial charge on any atom is 0.265 e. The molecule has 0 saturated carbocycles. The number of halogens is 1. The molecule has 122 valence electrons. The maximum absolute atomic E-state index is 12.3. The number of ether oxygens (including phenoxy) is 1. The molecule has 0 saturated heterocycles. The Hall–Kier alpha value is -1.61. The van der Waals surface area contributed by atoms with Gasteiger partial charge in [0.2, 0.25) is 0 Å². The van der Waals surface area contributed by atoms with Crippen LogP contribution in [0.25, 0.3) is 0 Å². The number of nitrogens with two attached hydrogens (primary N) is 1. The molecule has 1 heterocycles. The van der Waals surface area contributed by atoms with E-state index in [-0.39, 0.29) is 5.91 Å². The molecule has 0 radical (unpaired) electrons. The van der Waals surface area contributed by atoms with Gasteiger partial charge in [0.25, 0.3) is 11.8 Å². The van der Waals surface area contributed by atoms with Crippen molar-refractivity contribution in [2.24, 2.45) is 5.73 Å². The third-order valence-corrected chi connectivity index (χ3v) is 5.21. The molecule has 5 nitrogen and oxygen atoms in total. The van der Waals surface area contributed by atoms with Crippen molar-refractivity contribution in [1.29, 1.82) is 0 Å². The summed E-state index contributed by atoms with van der Waals surface area (Å²) in [5, 5.41) is 3.21. The summed E-state index contributed by atoms with van der Waals surface area (Å²) in [7, 11) is 0. The number of thiophene rings is 1. The van der Waals surface area contributed by atoms with Crippen LogP contribution >= 0.6 is 33.9 Å². The number of anilines is 1. The molecule has 3 N–H and O–H groups in total. The van der Waals surface area contributed by atoms with Crippen LogP contribution < -0.4 is 15.8 Å². The highest BCUT2D eigenvalue weighted by molar-refractivity contribution is 14.1. The van der Waals surface area contributed by atoms with Crippen LogP contribution in [0.15, 0.2) is 24.3 Å². The van der Waals surface area contributed by atoms with Gasteiger partial charge in [-0.2, -0.15) is 0 Å². The highest BCUT2D eigenvalue weighted by Crippen LogP contribution is 2.32. The summed E-state index contributed by atoms with van der Waals surface area (Å²) in [6.45, 7) is 5.35. The monoisotopic (exact) mass is 444 g/mol. The molecule has 7 heteroatoms. The number of aryl methyl sites for hydroxylation is 1. The lowest BCUT2D eigenvalue weighted by molar-refractivity contribution is -0.122. The molecule has 2 rings (SSSR count). The standard InChI is InChI=1S/C16H17IN2O3S/c1-8-10(3)23-16(13(8)14(18)20)19-15(21)9(2)22-12-6-4-11(17)5-7-12/h4-7,9H,1-3H3,(H2,18,20)(H,19,21)/t9-/m1/s1. The van der Waals surface area contributed by atoms with E-state index in [1.54, 1.807) is 19.1 Å². The van der Waals surface area contributed by atoms with E-state index in [0.29, 0.717) is 16.3 Å². The summed E-state index contributed by atoms with van der Waals surface area (Å²) in [4.78, 5) is 24.8. The van der Waals surface area contributed by atoms with E-state index in [2.05, 4.69) is 27.9 Å².